The highest BCUT2D eigenvalue weighted by Gasteiger charge is 2.38. The maximum Gasteiger partial charge on any atom is 0.0205 e. The molecule has 0 aromatic heterocycles. The lowest BCUT2D eigenvalue weighted by Crippen LogP contribution is -2.26. The van der Waals surface area contributed by atoms with Crippen molar-refractivity contribution in [3.8, 4) is 0 Å². The Morgan fingerprint density at radius 1 is 1.05 bits per heavy atom. The van der Waals surface area contributed by atoms with Crippen molar-refractivity contribution in [3.05, 3.63) is 35.4 Å². The lowest BCUT2D eigenvalue weighted by atomic mass is 9.86. The topological polar surface area (TPSA) is 12.0 Å². The van der Waals surface area contributed by atoms with Gasteiger partial charge in [0.25, 0.3) is 0 Å². The molecule has 1 aromatic rings. The normalized spacial score (nSPS) is 29.1. The Bertz CT molecular complexity index is 440. The van der Waals surface area contributed by atoms with Crippen molar-refractivity contribution in [2.45, 2.75) is 58.4 Å². The van der Waals surface area contributed by atoms with E-state index >= 15 is 0 Å². The van der Waals surface area contributed by atoms with Gasteiger partial charge in [-0.25, -0.2) is 0 Å². The van der Waals surface area contributed by atoms with Crippen LogP contribution in [0.25, 0.3) is 0 Å². The van der Waals surface area contributed by atoms with Crippen LogP contribution in [0.15, 0.2) is 24.3 Å². The molecule has 3 atom stereocenters. The Kier molecular flexibility index (Phi) is 3.90. The minimum atomic E-state index is 0.259. The molecule has 0 radical (unpaired) electrons. The first kappa shape index (κ1) is 14.1. The van der Waals surface area contributed by atoms with E-state index < -0.39 is 0 Å². The van der Waals surface area contributed by atoms with Gasteiger partial charge in [0.05, 0.1) is 0 Å². The Morgan fingerprint density at radius 3 is 2.35 bits per heavy atom. The number of hydrogen-bond acceptors (Lipinski definition) is 1. The molecule has 3 rings (SSSR count). The number of rotatable bonds is 4. The van der Waals surface area contributed by atoms with Crippen LogP contribution in [0, 0.1) is 17.8 Å². The second kappa shape index (κ2) is 5.52. The third-order valence-electron chi connectivity index (χ3n) is 5.44. The zero-order chi connectivity index (χ0) is 14.2. The maximum absolute atomic E-state index is 3.69. The lowest BCUT2D eigenvalue weighted by Gasteiger charge is -2.22. The van der Waals surface area contributed by atoms with Gasteiger partial charge in [0.15, 0.2) is 0 Å². The third kappa shape index (κ3) is 3.09. The molecule has 2 bridgehead atoms. The molecule has 0 heterocycles. The van der Waals surface area contributed by atoms with E-state index in [1.165, 1.54) is 43.4 Å². The predicted molar refractivity (Wildman–Crippen MR) is 85.8 cm³/mol. The molecular weight excluding hydrogens is 242 g/mol. The summed E-state index contributed by atoms with van der Waals surface area (Å²) in [6.45, 7) is 9.07. The van der Waals surface area contributed by atoms with Gasteiger partial charge in [-0.2, -0.15) is 0 Å². The average molecular weight is 271 g/mol. The summed E-state index contributed by atoms with van der Waals surface area (Å²) in [7, 11) is 0. The van der Waals surface area contributed by atoms with Crippen molar-refractivity contribution in [1.29, 1.82) is 0 Å². The van der Waals surface area contributed by atoms with E-state index in [0.717, 1.165) is 24.3 Å². The first-order chi connectivity index (χ1) is 9.52. The van der Waals surface area contributed by atoms with Crippen LogP contribution in [0.1, 0.15) is 57.6 Å². The van der Waals surface area contributed by atoms with Crippen molar-refractivity contribution in [3.63, 3.8) is 0 Å². The Morgan fingerprint density at radius 2 is 1.80 bits per heavy atom. The minimum absolute atomic E-state index is 0.259. The zero-order valence-electron chi connectivity index (χ0n) is 13.3. The molecule has 110 valence electrons. The fourth-order valence-corrected chi connectivity index (χ4v) is 4.15. The SMILES string of the molecule is CC(C)(C)c1ccc(CNCC2CC3CCC2C3)cc1. The summed E-state index contributed by atoms with van der Waals surface area (Å²) in [5, 5.41) is 3.69. The molecule has 2 fully saturated rings. The number of fused-ring (bicyclic) bond motifs is 2. The molecule has 2 saturated carbocycles. The third-order valence-corrected chi connectivity index (χ3v) is 5.44. The van der Waals surface area contributed by atoms with Gasteiger partial charge >= 0.3 is 0 Å². The number of nitrogens with one attached hydrogen (secondary N) is 1. The lowest BCUT2D eigenvalue weighted by molar-refractivity contribution is 0.318. The van der Waals surface area contributed by atoms with Crippen LogP contribution in [0.2, 0.25) is 0 Å². The van der Waals surface area contributed by atoms with Crippen LogP contribution in [0.3, 0.4) is 0 Å². The van der Waals surface area contributed by atoms with E-state index in [4.69, 9.17) is 0 Å². The van der Waals surface area contributed by atoms with Crippen molar-refractivity contribution < 1.29 is 0 Å². The van der Waals surface area contributed by atoms with Gasteiger partial charge in [-0.05, 0) is 60.1 Å². The van der Waals surface area contributed by atoms with E-state index in [2.05, 4.69) is 50.4 Å². The van der Waals surface area contributed by atoms with E-state index in [-0.39, 0.29) is 5.41 Å². The molecule has 0 amide bonds. The first-order valence-electron chi connectivity index (χ1n) is 8.32. The van der Waals surface area contributed by atoms with Crippen LogP contribution in [-0.4, -0.2) is 6.54 Å². The van der Waals surface area contributed by atoms with E-state index in [1.807, 2.05) is 0 Å². The largest absolute Gasteiger partial charge is 0.312 e. The summed E-state index contributed by atoms with van der Waals surface area (Å²) in [6.07, 6.45) is 6.01. The molecule has 0 aliphatic heterocycles. The fraction of sp³-hybridized carbons (Fsp3) is 0.684. The van der Waals surface area contributed by atoms with Crippen LogP contribution < -0.4 is 5.32 Å². The smallest absolute Gasteiger partial charge is 0.0205 e. The summed E-state index contributed by atoms with van der Waals surface area (Å²) in [4.78, 5) is 0. The van der Waals surface area contributed by atoms with Gasteiger partial charge < -0.3 is 5.32 Å². The van der Waals surface area contributed by atoms with Crippen molar-refractivity contribution in [2.75, 3.05) is 6.54 Å². The molecule has 1 nitrogen and oxygen atoms in total. The van der Waals surface area contributed by atoms with E-state index in [1.54, 1.807) is 0 Å². The second-order valence-electron chi connectivity index (χ2n) is 8.01. The number of benzene rings is 1. The van der Waals surface area contributed by atoms with E-state index in [9.17, 15) is 0 Å². The quantitative estimate of drug-likeness (QED) is 0.849. The van der Waals surface area contributed by atoms with Crippen LogP contribution >= 0.6 is 0 Å². The summed E-state index contributed by atoms with van der Waals surface area (Å²) in [6, 6.07) is 9.14. The van der Waals surface area contributed by atoms with Crippen molar-refractivity contribution in [1.82, 2.24) is 5.32 Å². The Labute approximate surface area is 124 Å². The van der Waals surface area contributed by atoms with Crippen molar-refractivity contribution in [2.24, 2.45) is 17.8 Å². The van der Waals surface area contributed by atoms with Gasteiger partial charge in [0.2, 0.25) is 0 Å². The van der Waals surface area contributed by atoms with E-state index in [0.29, 0.717) is 0 Å². The maximum atomic E-state index is 3.69. The molecule has 1 aromatic carbocycles. The monoisotopic (exact) mass is 271 g/mol. The average Bonchev–Trinajstić information content (AvgIpc) is 3.00. The standard InChI is InChI=1S/C19H29N/c1-19(2,3)18-8-5-14(6-9-18)12-20-13-17-11-15-4-7-16(17)10-15/h5-6,8-9,15-17,20H,4,7,10-13H2,1-3H3. The second-order valence-corrected chi connectivity index (χ2v) is 8.01. The minimum Gasteiger partial charge on any atom is -0.312 e. The Balaban J connectivity index is 1.47. The molecule has 3 unspecified atom stereocenters. The van der Waals surface area contributed by atoms with Gasteiger partial charge in [-0.15, -0.1) is 0 Å². The van der Waals surface area contributed by atoms with Crippen molar-refractivity contribution >= 4 is 0 Å². The van der Waals surface area contributed by atoms with Crippen LogP contribution in [0.4, 0.5) is 0 Å². The summed E-state index contributed by atoms with van der Waals surface area (Å²) < 4.78 is 0. The van der Waals surface area contributed by atoms with Gasteiger partial charge in [0, 0.05) is 6.54 Å². The van der Waals surface area contributed by atoms with Gasteiger partial charge in [-0.1, -0.05) is 51.5 Å². The number of hydrogen-bond donors (Lipinski definition) is 1. The molecule has 0 saturated heterocycles. The highest BCUT2D eigenvalue weighted by molar-refractivity contribution is 5.27. The predicted octanol–water partition coefficient (Wildman–Crippen LogP) is 4.51. The summed E-state index contributed by atoms with van der Waals surface area (Å²) in [5.74, 6) is 3.07. The molecule has 1 heteroatoms. The highest BCUT2D eigenvalue weighted by atomic mass is 14.9. The molecule has 1 N–H and O–H groups in total. The zero-order valence-corrected chi connectivity index (χ0v) is 13.3. The first-order valence-corrected chi connectivity index (χ1v) is 8.32. The Hall–Kier alpha value is -0.820. The molecule has 2 aliphatic rings. The fourth-order valence-electron chi connectivity index (χ4n) is 4.15. The van der Waals surface area contributed by atoms with Gasteiger partial charge in [0.1, 0.15) is 0 Å². The summed E-state index contributed by atoms with van der Waals surface area (Å²) >= 11 is 0. The highest BCUT2D eigenvalue weighted by Crippen LogP contribution is 2.47. The summed E-state index contributed by atoms with van der Waals surface area (Å²) in [5.41, 5.74) is 3.10. The van der Waals surface area contributed by atoms with Crippen LogP contribution in [-0.2, 0) is 12.0 Å². The molecule has 20 heavy (non-hydrogen) atoms. The van der Waals surface area contributed by atoms with Gasteiger partial charge in [-0.3, -0.25) is 0 Å². The van der Waals surface area contributed by atoms with Crippen LogP contribution in [0.5, 0.6) is 0 Å². The molecule has 0 spiro atoms. The molecular formula is C19H29N. The molecule has 2 aliphatic carbocycles.